The van der Waals surface area contributed by atoms with Crippen LogP contribution in [-0.4, -0.2) is 76.4 Å². The summed E-state index contributed by atoms with van der Waals surface area (Å²) >= 11 is 0. The Morgan fingerprint density at radius 2 is 1.93 bits per heavy atom. The summed E-state index contributed by atoms with van der Waals surface area (Å²) in [5.41, 5.74) is 1.36. The lowest BCUT2D eigenvalue weighted by molar-refractivity contribution is 0.0696. The summed E-state index contributed by atoms with van der Waals surface area (Å²) in [6.45, 7) is 5.53. The molecule has 0 spiro atoms. The van der Waals surface area contributed by atoms with Crippen LogP contribution < -0.4 is 4.90 Å². The lowest BCUT2D eigenvalue weighted by atomic mass is 10.2. The van der Waals surface area contributed by atoms with Gasteiger partial charge in [0.2, 0.25) is 5.95 Å². The Labute approximate surface area is 170 Å². The van der Waals surface area contributed by atoms with Crippen LogP contribution in [0.2, 0.25) is 0 Å². The van der Waals surface area contributed by atoms with Gasteiger partial charge in [0.15, 0.2) is 0 Å². The molecular weight excluding hydrogens is 382 g/mol. The lowest BCUT2D eigenvalue weighted by Crippen LogP contribution is -2.49. The number of carbonyl (C=O) groups is 1. The number of carboxylic acids is 1. The molecule has 2 saturated heterocycles. The maximum atomic E-state index is 11.2. The highest BCUT2D eigenvalue weighted by Gasteiger charge is 2.24. The summed E-state index contributed by atoms with van der Waals surface area (Å²) in [6, 6.07) is 4.76. The Balaban J connectivity index is 0.00000225. The van der Waals surface area contributed by atoms with Crippen LogP contribution in [-0.2, 0) is 4.74 Å². The highest BCUT2D eigenvalue weighted by molar-refractivity contribution is 5.88. The van der Waals surface area contributed by atoms with Crippen molar-refractivity contribution in [1.82, 2.24) is 19.9 Å². The van der Waals surface area contributed by atoms with Gasteiger partial charge in [-0.15, -0.1) is 12.4 Å². The average molecular weight is 406 g/mol. The zero-order valence-electron chi connectivity index (χ0n) is 15.5. The minimum absolute atomic E-state index is 0. The van der Waals surface area contributed by atoms with E-state index in [9.17, 15) is 4.79 Å². The van der Waals surface area contributed by atoms with Gasteiger partial charge in [0.25, 0.3) is 0 Å². The van der Waals surface area contributed by atoms with Crippen molar-refractivity contribution in [3.63, 3.8) is 0 Å². The smallest absolute Gasteiger partial charge is 0.335 e. The predicted octanol–water partition coefficient (Wildman–Crippen LogP) is 1.96. The summed E-state index contributed by atoms with van der Waals surface area (Å²) in [5, 5.41) is 9.16. The third-order valence-electron chi connectivity index (χ3n) is 5.05. The fourth-order valence-corrected chi connectivity index (χ4v) is 3.55. The highest BCUT2D eigenvalue weighted by atomic mass is 35.5. The van der Waals surface area contributed by atoms with Crippen LogP contribution in [0.1, 0.15) is 23.2 Å². The number of aromatic nitrogens is 3. The van der Waals surface area contributed by atoms with Gasteiger partial charge in [-0.1, -0.05) is 0 Å². The molecule has 4 heterocycles. The van der Waals surface area contributed by atoms with Crippen LogP contribution in [0, 0.1) is 0 Å². The van der Waals surface area contributed by atoms with E-state index in [-0.39, 0.29) is 18.0 Å². The molecule has 2 aromatic rings. The number of nitrogens with zero attached hydrogens (tertiary/aromatic N) is 5. The standard InChI is InChI=1S/C19H23N5O3.ClH/c25-18(26)14-3-5-20-17(12-14)16-4-6-21-19(22-16)24-9-7-23(8-10-24)13-15-2-1-11-27-15;/h3-6,12,15H,1-2,7-11,13H2,(H,25,26);1H. The summed E-state index contributed by atoms with van der Waals surface area (Å²) < 4.78 is 5.73. The molecule has 2 aliphatic rings. The molecule has 2 aliphatic heterocycles. The molecule has 28 heavy (non-hydrogen) atoms. The van der Waals surface area contributed by atoms with Crippen molar-refractivity contribution in [2.45, 2.75) is 18.9 Å². The molecule has 1 atom stereocenters. The van der Waals surface area contributed by atoms with Crippen LogP contribution >= 0.6 is 12.4 Å². The molecular formula is C19H24ClN5O3. The molecule has 2 aromatic heterocycles. The Kier molecular flexibility index (Phi) is 6.77. The van der Waals surface area contributed by atoms with E-state index < -0.39 is 5.97 Å². The van der Waals surface area contributed by atoms with E-state index in [0.29, 0.717) is 23.4 Å². The van der Waals surface area contributed by atoms with Crippen molar-refractivity contribution in [2.75, 3.05) is 44.2 Å². The summed E-state index contributed by atoms with van der Waals surface area (Å²) in [6.07, 6.45) is 5.90. The zero-order valence-corrected chi connectivity index (χ0v) is 16.3. The van der Waals surface area contributed by atoms with Crippen LogP contribution in [0.15, 0.2) is 30.6 Å². The summed E-state index contributed by atoms with van der Waals surface area (Å²) in [5.74, 6) is -0.318. The normalized spacial score (nSPS) is 20.0. The lowest BCUT2D eigenvalue weighted by Gasteiger charge is -2.35. The number of ether oxygens (including phenoxy) is 1. The minimum Gasteiger partial charge on any atom is -0.478 e. The first-order valence-corrected chi connectivity index (χ1v) is 9.31. The Hall–Kier alpha value is -2.29. The summed E-state index contributed by atoms with van der Waals surface area (Å²) in [4.78, 5) is 29.0. The topological polar surface area (TPSA) is 91.7 Å². The zero-order chi connectivity index (χ0) is 18.6. The molecule has 0 aromatic carbocycles. The van der Waals surface area contributed by atoms with E-state index in [1.165, 1.54) is 24.8 Å². The van der Waals surface area contributed by atoms with Crippen molar-refractivity contribution in [3.05, 3.63) is 36.2 Å². The number of rotatable bonds is 5. The fourth-order valence-electron chi connectivity index (χ4n) is 3.55. The fraction of sp³-hybridized carbons (Fsp3) is 0.474. The molecule has 0 bridgehead atoms. The van der Waals surface area contributed by atoms with E-state index in [0.717, 1.165) is 45.8 Å². The van der Waals surface area contributed by atoms with Gasteiger partial charge in [0.1, 0.15) is 0 Å². The summed E-state index contributed by atoms with van der Waals surface area (Å²) in [7, 11) is 0. The van der Waals surface area contributed by atoms with E-state index >= 15 is 0 Å². The van der Waals surface area contributed by atoms with Gasteiger partial charge in [-0.2, -0.15) is 0 Å². The van der Waals surface area contributed by atoms with Crippen LogP contribution in [0.4, 0.5) is 5.95 Å². The first-order chi connectivity index (χ1) is 13.2. The first-order valence-electron chi connectivity index (χ1n) is 9.31. The van der Waals surface area contributed by atoms with Gasteiger partial charge in [-0.05, 0) is 31.0 Å². The SMILES string of the molecule is Cl.O=C(O)c1ccnc(-c2ccnc(N3CCN(CC4CCCO4)CC3)n2)c1. The molecule has 2 fully saturated rings. The number of hydrogen-bond donors (Lipinski definition) is 1. The molecule has 8 nitrogen and oxygen atoms in total. The second kappa shape index (κ2) is 9.27. The second-order valence-corrected chi connectivity index (χ2v) is 6.90. The third kappa shape index (κ3) is 4.76. The molecule has 150 valence electrons. The number of aromatic carboxylic acids is 1. The quantitative estimate of drug-likeness (QED) is 0.807. The number of halogens is 1. The van der Waals surface area contributed by atoms with Crippen LogP contribution in [0.3, 0.4) is 0 Å². The molecule has 0 aliphatic carbocycles. The monoisotopic (exact) mass is 405 g/mol. The maximum Gasteiger partial charge on any atom is 0.335 e. The number of pyridine rings is 1. The number of carboxylic acid groups (broad SMARTS) is 1. The van der Waals surface area contributed by atoms with Crippen molar-refractivity contribution in [2.24, 2.45) is 0 Å². The Morgan fingerprint density at radius 3 is 2.64 bits per heavy atom. The molecule has 0 amide bonds. The van der Waals surface area contributed by atoms with E-state index in [1.54, 1.807) is 12.3 Å². The van der Waals surface area contributed by atoms with E-state index in [1.807, 2.05) is 0 Å². The first kappa shape index (κ1) is 20.4. The van der Waals surface area contributed by atoms with Gasteiger partial charge in [0, 0.05) is 51.7 Å². The van der Waals surface area contributed by atoms with Crippen molar-refractivity contribution in [1.29, 1.82) is 0 Å². The molecule has 1 unspecified atom stereocenters. The molecule has 0 saturated carbocycles. The number of piperazine rings is 1. The molecule has 0 radical (unpaired) electrons. The largest absolute Gasteiger partial charge is 0.478 e. The van der Waals surface area contributed by atoms with Gasteiger partial charge in [0.05, 0.1) is 23.1 Å². The van der Waals surface area contributed by atoms with Gasteiger partial charge in [-0.25, -0.2) is 14.8 Å². The van der Waals surface area contributed by atoms with E-state index in [4.69, 9.17) is 9.84 Å². The highest BCUT2D eigenvalue weighted by Crippen LogP contribution is 2.20. The minimum atomic E-state index is -0.977. The molecule has 4 rings (SSSR count). The average Bonchev–Trinajstić information content (AvgIpc) is 3.22. The van der Waals surface area contributed by atoms with Crippen molar-refractivity contribution in [3.8, 4) is 11.4 Å². The molecule has 9 heteroatoms. The number of hydrogen-bond acceptors (Lipinski definition) is 7. The van der Waals surface area contributed by atoms with Gasteiger partial charge >= 0.3 is 5.97 Å². The Morgan fingerprint density at radius 1 is 1.14 bits per heavy atom. The Bertz CT molecular complexity index is 808. The van der Waals surface area contributed by atoms with Crippen molar-refractivity contribution >= 4 is 24.3 Å². The van der Waals surface area contributed by atoms with E-state index in [2.05, 4.69) is 24.8 Å². The van der Waals surface area contributed by atoms with Crippen LogP contribution in [0.5, 0.6) is 0 Å². The van der Waals surface area contributed by atoms with Crippen LogP contribution in [0.25, 0.3) is 11.4 Å². The number of anilines is 1. The van der Waals surface area contributed by atoms with Crippen molar-refractivity contribution < 1.29 is 14.6 Å². The molecule has 1 N–H and O–H groups in total. The maximum absolute atomic E-state index is 11.2. The van der Waals surface area contributed by atoms with Gasteiger partial charge < -0.3 is 14.7 Å². The third-order valence-corrected chi connectivity index (χ3v) is 5.05. The van der Waals surface area contributed by atoms with Gasteiger partial charge in [-0.3, -0.25) is 9.88 Å². The second-order valence-electron chi connectivity index (χ2n) is 6.90. The predicted molar refractivity (Wildman–Crippen MR) is 107 cm³/mol.